The Bertz CT molecular complexity index is 407. The third kappa shape index (κ3) is 4.26. The van der Waals surface area contributed by atoms with Crippen molar-refractivity contribution in [2.75, 3.05) is 12.3 Å². The summed E-state index contributed by atoms with van der Waals surface area (Å²) in [5.74, 6) is 0.0928. The predicted molar refractivity (Wildman–Crippen MR) is 78.8 cm³/mol. The van der Waals surface area contributed by atoms with Crippen LogP contribution in [0.25, 0.3) is 0 Å². The molecule has 4 heteroatoms. The summed E-state index contributed by atoms with van der Waals surface area (Å²) in [5.41, 5.74) is 7.68. The van der Waals surface area contributed by atoms with E-state index in [2.05, 4.69) is 12.2 Å². The van der Waals surface area contributed by atoms with Gasteiger partial charge in [-0.25, -0.2) is 0 Å². The summed E-state index contributed by atoms with van der Waals surface area (Å²) >= 11 is 1.56. The van der Waals surface area contributed by atoms with Gasteiger partial charge in [0, 0.05) is 17.1 Å². The molecule has 1 atom stereocenters. The molecule has 0 fully saturated rings. The fourth-order valence-corrected chi connectivity index (χ4v) is 2.56. The van der Waals surface area contributed by atoms with Gasteiger partial charge in [0.05, 0.1) is 5.25 Å². The van der Waals surface area contributed by atoms with E-state index in [9.17, 15) is 4.79 Å². The lowest BCUT2D eigenvalue weighted by molar-refractivity contribution is -0.120. The summed E-state index contributed by atoms with van der Waals surface area (Å²) in [7, 11) is 0. The van der Waals surface area contributed by atoms with E-state index >= 15 is 0 Å². The first kappa shape index (κ1) is 14.9. The zero-order valence-electron chi connectivity index (χ0n) is 11.3. The van der Waals surface area contributed by atoms with Gasteiger partial charge in [-0.15, -0.1) is 11.8 Å². The van der Waals surface area contributed by atoms with Gasteiger partial charge in [-0.1, -0.05) is 19.4 Å². The number of nitrogen functional groups attached to an aromatic ring is 1. The maximum Gasteiger partial charge on any atom is 0.233 e. The van der Waals surface area contributed by atoms with Crippen molar-refractivity contribution in [3.8, 4) is 0 Å². The van der Waals surface area contributed by atoms with Gasteiger partial charge >= 0.3 is 0 Å². The Morgan fingerprint density at radius 2 is 2.22 bits per heavy atom. The van der Waals surface area contributed by atoms with Crippen LogP contribution in [0.4, 0.5) is 5.69 Å². The molecule has 0 aromatic heterocycles. The third-order valence-electron chi connectivity index (χ3n) is 2.83. The van der Waals surface area contributed by atoms with E-state index in [1.807, 2.05) is 32.0 Å². The Morgan fingerprint density at radius 3 is 2.89 bits per heavy atom. The van der Waals surface area contributed by atoms with Gasteiger partial charge in [-0.05, 0) is 38.0 Å². The standard InChI is InChI=1S/C14H22N2OS/c1-4-5-9-16-14(17)11(3)18-13-8-6-7-12(15)10(13)2/h6-8,11H,4-5,9,15H2,1-3H3,(H,16,17). The Labute approximate surface area is 114 Å². The summed E-state index contributed by atoms with van der Waals surface area (Å²) in [6, 6.07) is 5.81. The molecule has 0 radical (unpaired) electrons. The molecule has 0 heterocycles. The molecule has 0 bridgehead atoms. The molecule has 1 unspecified atom stereocenters. The normalized spacial score (nSPS) is 12.2. The minimum atomic E-state index is -0.0950. The number of nitrogens with two attached hydrogens (primary N) is 1. The van der Waals surface area contributed by atoms with E-state index in [1.165, 1.54) is 0 Å². The van der Waals surface area contributed by atoms with Crippen molar-refractivity contribution in [3.05, 3.63) is 23.8 Å². The van der Waals surface area contributed by atoms with Gasteiger partial charge in [-0.2, -0.15) is 0 Å². The molecule has 100 valence electrons. The molecule has 0 saturated heterocycles. The number of rotatable bonds is 6. The molecule has 0 aliphatic heterocycles. The topological polar surface area (TPSA) is 55.1 Å². The van der Waals surface area contributed by atoms with Crippen LogP contribution in [0.15, 0.2) is 23.1 Å². The average Bonchev–Trinajstić information content (AvgIpc) is 2.35. The molecule has 0 spiro atoms. The van der Waals surface area contributed by atoms with Crippen LogP contribution in [0.1, 0.15) is 32.3 Å². The number of hydrogen-bond donors (Lipinski definition) is 2. The fourth-order valence-electron chi connectivity index (χ4n) is 1.54. The van der Waals surface area contributed by atoms with Crippen LogP contribution < -0.4 is 11.1 Å². The van der Waals surface area contributed by atoms with Crippen molar-refractivity contribution in [2.24, 2.45) is 0 Å². The number of hydrogen-bond acceptors (Lipinski definition) is 3. The molecule has 1 amide bonds. The molecule has 18 heavy (non-hydrogen) atoms. The van der Waals surface area contributed by atoms with E-state index in [0.717, 1.165) is 35.5 Å². The number of unbranched alkanes of at least 4 members (excludes halogenated alkanes) is 1. The summed E-state index contributed by atoms with van der Waals surface area (Å²) in [4.78, 5) is 12.9. The third-order valence-corrected chi connectivity index (χ3v) is 4.09. The minimum Gasteiger partial charge on any atom is -0.398 e. The van der Waals surface area contributed by atoms with Crippen LogP contribution in [-0.2, 0) is 4.79 Å². The van der Waals surface area contributed by atoms with Gasteiger partial charge in [0.15, 0.2) is 0 Å². The van der Waals surface area contributed by atoms with Crippen LogP contribution in [0.5, 0.6) is 0 Å². The Morgan fingerprint density at radius 1 is 1.50 bits per heavy atom. The van der Waals surface area contributed by atoms with E-state index in [0.29, 0.717) is 0 Å². The van der Waals surface area contributed by atoms with E-state index < -0.39 is 0 Å². The summed E-state index contributed by atoms with van der Waals surface area (Å²) < 4.78 is 0. The first-order valence-corrected chi connectivity index (χ1v) is 7.23. The molecule has 0 aliphatic carbocycles. The van der Waals surface area contributed by atoms with Gasteiger partial charge < -0.3 is 11.1 Å². The summed E-state index contributed by atoms with van der Waals surface area (Å²) in [6.07, 6.45) is 2.12. The molecular weight excluding hydrogens is 244 g/mol. The van der Waals surface area contributed by atoms with Crippen LogP contribution in [0, 0.1) is 6.92 Å². The number of amides is 1. The van der Waals surface area contributed by atoms with E-state index in [4.69, 9.17) is 5.73 Å². The SMILES string of the molecule is CCCCNC(=O)C(C)Sc1cccc(N)c1C. The minimum absolute atomic E-state index is 0.0928. The molecule has 1 aromatic rings. The second-order valence-corrected chi connectivity index (χ2v) is 5.76. The monoisotopic (exact) mass is 266 g/mol. The highest BCUT2D eigenvalue weighted by atomic mass is 32.2. The van der Waals surface area contributed by atoms with Crippen molar-refractivity contribution < 1.29 is 4.79 Å². The van der Waals surface area contributed by atoms with Crippen molar-refractivity contribution in [1.82, 2.24) is 5.32 Å². The maximum absolute atomic E-state index is 11.9. The largest absolute Gasteiger partial charge is 0.398 e. The zero-order chi connectivity index (χ0) is 13.5. The van der Waals surface area contributed by atoms with Crippen LogP contribution in [-0.4, -0.2) is 17.7 Å². The second kappa shape index (κ2) is 7.31. The first-order chi connectivity index (χ1) is 8.56. The number of benzene rings is 1. The highest BCUT2D eigenvalue weighted by Crippen LogP contribution is 2.29. The van der Waals surface area contributed by atoms with Crippen molar-refractivity contribution in [2.45, 2.75) is 43.8 Å². The molecule has 1 aromatic carbocycles. The first-order valence-electron chi connectivity index (χ1n) is 6.35. The highest BCUT2D eigenvalue weighted by molar-refractivity contribution is 8.00. The van der Waals surface area contributed by atoms with E-state index in [1.54, 1.807) is 11.8 Å². The molecule has 0 saturated carbocycles. The highest BCUT2D eigenvalue weighted by Gasteiger charge is 2.15. The quantitative estimate of drug-likeness (QED) is 0.473. The number of carbonyl (C=O) groups is 1. The fraction of sp³-hybridized carbons (Fsp3) is 0.500. The van der Waals surface area contributed by atoms with Crippen molar-refractivity contribution in [1.29, 1.82) is 0 Å². The molecule has 0 aliphatic rings. The smallest absolute Gasteiger partial charge is 0.233 e. The van der Waals surface area contributed by atoms with Crippen molar-refractivity contribution >= 4 is 23.4 Å². The van der Waals surface area contributed by atoms with Gasteiger partial charge in [0.1, 0.15) is 0 Å². The summed E-state index contributed by atoms with van der Waals surface area (Å²) in [6.45, 7) is 6.78. The Hall–Kier alpha value is -1.16. The van der Waals surface area contributed by atoms with Gasteiger partial charge in [0.25, 0.3) is 0 Å². The number of thioether (sulfide) groups is 1. The summed E-state index contributed by atoms with van der Waals surface area (Å²) in [5, 5.41) is 2.85. The van der Waals surface area contributed by atoms with Crippen LogP contribution in [0.3, 0.4) is 0 Å². The molecule has 3 nitrogen and oxygen atoms in total. The second-order valence-electron chi connectivity index (χ2n) is 4.38. The number of carbonyl (C=O) groups excluding carboxylic acids is 1. The van der Waals surface area contributed by atoms with Crippen molar-refractivity contribution in [3.63, 3.8) is 0 Å². The lowest BCUT2D eigenvalue weighted by Gasteiger charge is -2.14. The van der Waals surface area contributed by atoms with Crippen LogP contribution >= 0.6 is 11.8 Å². The Kier molecular flexibility index (Phi) is 6.05. The average molecular weight is 266 g/mol. The van der Waals surface area contributed by atoms with Gasteiger partial charge in [0.2, 0.25) is 5.91 Å². The lowest BCUT2D eigenvalue weighted by atomic mass is 10.2. The maximum atomic E-state index is 11.9. The zero-order valence-corrected chi connectivity index (χ0v) is 12.1. The lowest BCUT2D eigenvalue weighted by Crippen LogP contribution is -2.31. The predicted octanol–water partition coefficient (Wildman–Crippen LogP) is 2.97. The van der Waals surface area contributed by atoms with Crippen LogP contribution in [0.2, 0.25) is 0 Å². The van der Waals surface area contributed by atoms with E-state index in [-0.39, 0.29) is 11.2 Å². The number of anilines is 1. The molecule has 1 rings (SSSR count). The molecular formula is C14H22N2OS. The van der Waals surface area contributed by atoms with Gasteiger partial charge in [-0.3, -0.25) is 4.79 Å². The molecule has 3 N–H and O–H groups in total. The number of nitrogens with one attached hydrogen (secondary N) is 1. The Balaban J connectivity index is 2.56.